The molecule has 33 heavy (non-hydrogen) atoms. The number of halogens is 2. The third kappa shape index (κ3) is 9.21. The van der Waals surface area contributed by atoms with Gasteiger partial charge in [-0.15, -0.1) is 11.1 Å². The summed E-state index contributed by atoms with van der Waals surface area (Å²) in [4.78, 5) is 0. The van der Waals surface area contributed by atoms with E-state index >= 15 is 0 Å². The zero-order chi connectivity index (χ0) is 25.1. The summed E-state index contributed by atoms with van der Waals surface area (Å²) in [6, 6.07) is 14.4. The van der Waals surface area contributed by atoms with Gasteiger partial charge in [-0.25, -0.2) is 3.93 Å². The van der Waals surface area contributed by atoms with Crippen LogP contribution >= 0.6 is 30.3 Å². The minimum absolute atomic E-state index is 0.439. The van der Waals surface area contributed by atoms with Gasteiger partial charge in [0.15, 0.2) is 0 Å². The molecule has 0 atom stereocenters. The second kappa shape index (κ2) is 15.5. The van der Waals surface area contributed by atoms with Gasteiger partial charge in [-0.2, -0.15) is 18.2 Å². The van der Waals surface area contributed by atoms with Crippen LogP contribution in [0.25, 0.3) is 0 Å². The van der Waals surface area contributed by atoms with Crippen molar-refractivity contribution in [1.82, 2.24) is 3.93 Å². The zero-order valence-electron chi connectivity index (χ0n) is 21.4. The van der Waals surface area contributed by atoms with E-state index in [-0.39, 0.29) is 0 Å². The number of hydrogen-bond acceptors (Lipinski definition) is 3. The quantitative estimate of drug-likeness (QED) is 0.148. The van der Waals surface area contributed by atoms with Gasteiger partial charge in [-0.3, -0.25) is 0 Å². The molecule has 0 aliphatic heterocycles. The number of para-hydroxylation sites is 1. The molecule has 0 unspecified atom stereocenters. The Morgan fingerprint density at radius 3 is 1.79 bits per heavy atom. The van der Waals surface area contributed by atoms with E-state index < -0.39 is 0 Å². The van der Waals surface area contributed by atoms with Crippen molar-refractivity contribution < 1.29 is 13.9 Å². The average molecular weight is 626 g/mol. The third-order valence-corrected chi connectivity index (χ3v) is 6.32. The molecular weight excluding hydrogens is 585 g/mol. The van der Waals surface area contributed by atoms with E-state index in [9.17, 15) is 0 Å². The van der Waals surface area contributed by atoms with Crippen molar-refractivity contribution in [2.45, 2.75) is 79.1 Å². The summed E-state index contributed by atoms with van der Waals surface area (Å²) >= 11 is 9.75. The van der Waals surface area contributed by atoms with Gasteiger partial charge in [-0.1, -0.05) is 79.3 Å². The SMILES string of the molecule is CC(C)c1[c-]ccc(C(C)C)c1NCN(Br)CCNc1c(C(C)C)cccc1C(C)C.[Co+][Br]. The summed E-state index contributed by atoms with van der Waals surface area (Å²) in [6.45, 7) is 20.5. The maximum absolute atomic E-state index is 3.75. The van der Waals surface area contributed by atoms with Crippen molar-refractivity contribution in [2.75, 3.05) is 30.4 Å². The van der Waals surface area contributed by atoms with Gasteiger partial charge >= 0.3 is 28.1 Å². The van der Waals surface area contributed by atoms with Crippen molar-refractivity contribution in [3.05, 3.63) is 58.7 Å². The van der Waals surface area contributed by atoms with Crippen LogP contribution in [-0.2, 0) is 13.9 Å². The number of nitrogens with zero attached hydrogens (tertiary/aromatic N) is 1. The fraction of sp³-hybridized carbons (Fsp3) is 0.556. The molecule has 0 aliphatic carbocycles. The molecule has 0 amide bonds. The van der Waals surface area contributed by atoms with Crippen LogP contribution in [0.5, 0.6) is 0 Å². The van der Waals surface area contributed by atoms with E-state index in [0.29, 0.717) is 23.7 Å². The molecule has 0 radical (unpaired) electrons. The van der Waals surface area contributed by atoms with Crippen LogP contribution in [0, 0.1) is 6.07 Å². The van der Waals surface area contributed by atoms with Gasteiger partial charge in [0.05, 0.1) is 6.67 Å². The van der Waals surface area contributed by atoms with Crippen LogP contribution in [0.2, 0.25) is 0 Å². The Hall–Kier alpha value is -0.534. The molecule has 0 bridgehead atoms. The van der Waals surface area contributed by atoms with Gasteiger partial charge in [0.1, 0.15) is 0 Å². The topological polar surface area (TPSA) is 27.3 Å². The molecule has 2 aromatic rings. The maximum atomic E-state index is 3.75. The molecule has 6 heteroatoms. The Morgan fingerprint density at radius 2 is 1.30 bits per heavy atom. The van der Waals surface area contributed by atoms with E-state index in [1.165, 1.54) is 33.6 Å². The Morgan fingerprint density at radius 1 is 0.788 bits per heavy atom. The summed E-state index contributed by atoms with van der Waals surface area (Å²) in [6.07, 6.45) is 0. The zero-order valence-corrected chi connectivity index (χ0v) is 25.6. The molecule has 0 fully saturated rings. The fourth-order valence-electron chi connectivity index (χ4n) is 3.97. The Balaban J connectivity index is 0.00000265. The predicted molar refractivity (Wildman–Crippen MR) is 150 cm³/mol. The van der Waals surface area contributed by atoms with Crippen molar-refractivity contribution in [1.29, 1.82) is 0 Å². The Kier molecular flexibility index (Phi) is 14.3. The van der Waals surface area contributed by atoms with Gasteiger partial charge in [0.25, 0.3) is 0 Å². The molecule has 2 aromatic carbocycles. The molecule has 0 aromatic heterocycles. The van der Waals surface area contributed by atoms with E-state index in [4.69, 9.17) is 0 Å². The normalized spacial score (nSPS) is 11.4. The van der Waals surface area contributed by atoms with Crippen LogP contribution < -0.4 is 10.6 Å². The Bertz CT molecular complexity index is 786. The van der Waals surface area contributed by atoms with E-state index in [0.717, 1.165) is 19.8 Å². The van der Waals surface area contributed by atoms with Crippen LogP contribution in [0.15, 0.2) is 30.3 Å². The molecule has 0 aliphatic rings. The number of anilines is 2. The molecule has 0 saturated carbocycles. The van der Waals surface area contributed by atoms with Crippen molar-refractivity contribution >= 4 is 41.7 Å². The molecule has 2 N–H and O–H groups in total. The summed E-state index contributed by atoms with van der Waals surface area (Å²) in [5, 5.41) is 7.40. The number of rotatable bonds is 11. The summed E-state index contributed by atoms with van der Waals surface area (Å²) in [5.74, 6) is 1.91. The number of benzene rings is 2. The standard InChI is InChI=1S/C27H41BrN3.BrH.Co/c1-18(2)22-11-9-12-23(19(3)4)26(22)29-15-16-31(28)17-30-27-24(20(5)6)13-10-14-25(27)21(7)8;;/h9-13,18-21,29-30H,15-17H2,1-8H3;1H;/q-1;;+2/p-1. The summed E-state index contributed by atoms with van der Waals surface area (Å²) in [5.41, 5.74) is 7.95. The van der Waals surface area contributed by atoms with Crippen LogP contribution in [0.1, 0.15) is 101 Å². The third-order valence-electron chi connectivity index (χ3n) is 5.72. The second-order valence-corrected chi connectivity index (χ2v) is 10.6. The first kappa shape index (κ1) is 30.5. The van der Waals surface area contributed by atoms with E-state index in [2.05, 4.69) is 151 Å². The second-order valence-electron chi connectivity index (χ2n) is 9.60. The van der Waals surface area contributed by atoms with E-state index in [1.54, 1.807) is 0 Å². The van der Waals surface area contributed by atoms with E-state index in [1.807, 2.05) is 0 Å². The predicted octanol–water partition coefficient (Wildman–Crippen LogP) is 8.92. The first-order chi connectivity index (χ1) is 15.6. The molecular formula is C27H41Br2CoN3. The molecule has 0 saturated heterocycles. The first-order valence-electron chi connectivity index (χ1n) is 11.8. The Labute approximate surface area is 226 Å². The number of nitrogens with one attached hydrogen (secondary N) is 2. The van der Waals surface area contributed by atoms with Gasteiger partial charge in [-0.05, 0) is 34.8 Å². The van der Waals surface area contributed by atoms with Gasteiger partial charge in [0, 0.05) is 34.9 Å². The average Bonchev–Trinajstić information content (AvgIpc) is 2.78. The molecule has 3 nitrogen and oxygen atoms in total. The summed E-state index contributed by atoms with van der Waals surface area (Å²) in [7, 11) is 0. The molecule has 0 heterocycles. The van der Waals surface area contributed by atoms with Crippen LogP contribution in [0.3, 0.4) is 0 Å². The van der Waals surface area contributed by atoms with Crippen molar-refractivity contribution in [3.63, 3.8) is 0 Å². The van der Waals surface area contributed by atoms with Crippen LogP contribution in [-0.4, -0.2) is 23.7 Å². The molecule has 187 valence electrons. The minimum atomic E-state index is 0.439. The molecule has 2 rings (SSSR count). The summed E-state index contributed by atoms with van der Waals surface area (Å²) < 4.78 is 2.16. The van der Waals surface area contributed by atoms with Gasteiger partial charge < -0.3 is 10.6 Å². The van der Waals surface area contributed by atoms with Crippen molar-refractivity contribution in [2.24, 2.45) is 0 Å². The van der Waals surface area contributed by atoms with Crippen molar-refractivity contribution in [3.8, 4) is 0 Å². The number of hydrogen-bond donors (Lipinski definition) is 2. The monoisotopic (exact) mass is 624 g/mol. The van der Waals surface area contributed by atoms with Gasteiger partial charge in [0.2, 0.25) is 0 Å². The molecule has 0 spiro atoms. The first-order valence-corrected chi connectivity index (χ1v) is 15.1. The fourth-order valence-corrected chi connectivity index (χ4v) is 4.27. The van der Waals surface area contributed by atoms with Crippen LogP contribution in [0.4, 0.5) is 11.4 Å².